The Bertz CT molecular complexity index is 1230. The molecule has 0 saturated heterocycles. The quantitative estimate of drug-likeness (QED) is 0.529. The van der Waals surface area contributed by atoms with Crippen molar-refractivity contribution in [2.24, 2.45) is 0 Å². The molecule has 0 bridgehead atoms. The first-order chi connectivity index (χ1) is 16.0. The van der Waals surface area contributed by atoms with Crippen molar-refractivity contribution < 1.29 is 24.2 Å². The second-order valence-electron chi connectivity index (χ2n) is 7.40. The number of para-hydroxylation sites is 1. The van der Waals surface area contributed by atoms with Gasteiger partial charge in [0, 0.05) is 5.69 Å². The monoisotopic (exact) mass is 441 g/mol. The van der Waals surface area contributed by atoms with Gasteiger partial charge in [-0.3, -0.25) is 14.5 Å². The van der Waals surface area contributed by atoms with Crippen molar-refractivity contribution in [3.8, 4) is 11.5 Å². The summed E-state index contributed by atoms with van der Waals surface area (Å²) in [6.07, 6.45) is 3.03. The Balaban J connectivity index is 1.82. The first-order valence-electron chi connectivity index (χ1n) is 10.4. The fourth-order valence-electron chi connectivity index (χ4n) is 3.88. The number of aliphatic hydroxyl groups is 1. The number of allylic oxidation sites excluding steroid dienone is 1. The largest absolute Gasteiger partial charge is 0.503 e. The molecule has 3 aromatic carbocycles. The molecule has 0 aliphatic carbocycles. The molecule has 0 radical (unpaired) electrons. The molecule has 166 valence electrons. The summed E-state index contributed by atoms with van der Waals surface area (Å²) in [5.74, 6) is -0.697. The molecular formula is C27H23NO5. The van der Waals surface area contributed by atoms with E-state index in [1.165, 1.54) is 25.2 Å². The smallest absolute Gasteiger partial charge is 0.294 e. The minimum atomic E-state index is -0.840. The molecule has 0 aromatic heterocycles. The number of amides is 1. The standard InChI is InChI=1S/C27H23NO5/c1-32-22-16-14-19(17-23(22)33-2)25-24(21(29)15-13-18-9-5-3-6-10-18)26(30)27(31)28(25)20-11-7-4-8-12-20/h3-17,25,30H,1-2H3. The number of methoxy groups -OCH3 is 2. The van der Waals surface area contributed by atoms with Gasteiger partial charge in [0.15, 0.2) is 23.0 Å². The number of benzene rings is 3. The van der Waals surface area contributed by atoms with Gasteiger partial charge in [-0.05, 0) is 41.5 Å². The number of carbonyl (C=O) groups excluding carboxylic acids is 2. The van der Waals surface area contributed by atoms with Crippen molar-refractivity contribution in [3.63, 3.8) is 0 Å². The van der Waals surface area contributed by atoms with Gasteiger partial charge in [0.2, 0.25) is 0 Å². The van der Waals surface area contributed by atoms with Crippen LogP contribution in [0.5, 0.6) is 11.5 Å². The zero-order valence-electron chi connectivity index (χ0n) is 18.3. The summed E-state index contributed by atoms with van der Waals surface area (Å²) in [6.45, 7) is 0. The Kier molecular flexibility index (Phi) is 6.26. The van der Waals surface area contributed by atoms with Gasteiger partial charge >= 0.3 is 0 Å². The van der Waals surface area contributed by atoms with Gasteiger partial charge in [0.05, 0.1) is 25.8 Å². The Labute approximate surface area is 192 Å². The fourth-order valence-corrected chi connectivity index (χ4v) is 3.88. The van der Waals surface area contributed by atoms with Crippen molar-refractivity contribution in [2.75, 3.05) is 19.1 Å². The summed E-state index contributed by atoms with van der Waals surface area (Å²) < 4.78 is 10.8. The summed E-state index contributed by atoms with van der Waals surface area (Å²) in [4.78, 5) is 27.8. The molecule has 4 rings (SSSR count). The average Bonchev–Trinajstić information content (AvgIpc) is 3.13. The molecule has 1 aliphatic heterocycles. The molecule has 6 heteroatoms. The van der Waals surface area contributed by atoms with Crippen molar-refractivity contribution in [1.82, 2.24) is 0 Å². The molecule has 0 saturated carbocycles. The Morgan fingerprint density at radius 3 is 2.18 bits per heavy atom. The number of aliphatic hydroxyl groups excluding tert-OH is 1. The van der Waals surface area contributed by atoms with E-state index in [0.29, 0.717) is 22.7 Å². The van der Waals surface area contributed by atoms with Crippen LogP contribution in [0.25, 0.3) is 6.08 Å². The number of hydrogen-bond donors (Lipinski definition) is 1. The predicted octanol–water partition coefficient (Wildman–Crippen LogP) is 4.89. The Morgan fingerprint density at radius 1 is 0.909 bits per heavy atom. The third-order valence-corrected chi connectivity index (χ3v) is 5.46. The highest BCUT2D eigenvalue weighted by Gasteiger charge is 2.44. The number of ether oxygens (including phenoxy) is 2. The van der Waals surface area contributed by atoms with Gasteiger partial charge in [-0.1, -0.05) is 60.7 Å². The van der Waals surface area contributed by atoms with Crippen molar-refractivity contribution >= 4 is 23.5 Å². The van der Waals surface area contributed by atoms with E-state index in [0.717, 1.165) is 5.56 Å². The molecule has 1 atom stereocenters. The summed E-state index contributed by atoms with van der Waals surface area (Å²) in [7, 11) is 3.04. The van der Waals surface area contributed by atoms with E-state index in [-0.39, 0.29) is 5.57 Å². The lowest BCUT2D eigenvalue weighted by atomic mass is 9.95. The number of carbonyl (C=O) groups is 2. The van der Waals surface area contributed by atoms with Crippen LogP contribution >= 0.6 is 0 Å². The van der Waals surface area contributed by atoms with Gasteiger partial charge in [0.1, 0.15) is 0 Å². The molecule has 1 aliphatic rings. The van der Waals surface area contributed by atoms with E-state index in [4.69, 9.17) is 9.47 Å². The molecule has 33 heavy (non-hydrogen) atoms. The lowest BCUT2D eigenvalue weighted by Gasteiger charge is -2.27. The second kappa shape index (κ2) is 9.44. The van der Waals surface area contributed by atoms with Gasteiger partial charge in [-0.2, -0.15) is 0 Å². The lowest BCUT2D eigenvalue weighted by Crippen LogP contribution is -2.30. The van der Waals surface area contributed by atoms with Crippen LogP contribution in [0.1, 0.15) is 17.2 Å². The highest BCUT2D eigenvalue weighted by atomic mass is 16.5. The predicted molar refractivity (Wildman–Crippen MR) is 126 cm³/mol. The highest BCUT2D eigenvalue weighted by molar-refractivity contribution is 6.19. The molecule has 1 N–H and O–H groups in total. The van der Waals surface area contributed by atoms with Crippen LogP contribution in [0.15, 0.2) is 96.3 Å². The first-order valence-corrected chi connectivity index (χ1v) is 10.4. The lowest BCUT2D eigenvalue weighted by molar-refractivity contribution is -0.117. The number of anilines is 1. The Hall–Kier alpha value is -4.32. The zero-order valence-corrected chi connectivity index (χ0v) is 18.3. The molecule has 1 unspecified atom stereocenters. The van der Waals surface area contributed by atoms with Gasteiger partial charge in [-0.25, -0.2) is 0 Å². The molecule has 0 fully saturated rings. The normalized spacial score (nSPS) is 15.9. The second-order valence-corrected chi connectivity index (χ2v) is 7.40. The van der Waals surface area contributed by atoms with Crippen LogP contribution in [-0.2, 0) is 9.59 Å². The number of ketones is 1. The first kappa shape index (κ1) is 21.9. The molecular weight excluding hydrogens is 418 g/mol. The maximum Gasteiger partial charge on any atom is 0.294 e. The van der Waals surface area contributed by atoms with Crippen molar-refractivity contribution in [1.29, 1.82) is 0 Å². The zero-order chi connectivity index (χ0) is 23.4. The van der Waals surface area contributed by atoms with Crippen LogP contribution < -0.4 is 14.4 Å². The minimum Gasteiger partial charge on any atom is -0.503 e. The number of nitrogens with zero attached hydrogens (tertiary/aromatic N) is 1. The summed E-state index contributed by atoms with van der Waals surface area (Å²) in [6, 6.07) is 22.6. The highest BCUT2D eigenvalue weighted by Crippen LogP contribution is 2.43. The van der Waals surface area contributed by atoms with E-state index >= 15 is 0 Å². The van der Waals surface area contributed by atoms with Gasteiger partial charge < -0.3 is 14.6 Å². The third kappa shape index (κ3) is 4.23. The fraction of sp³-hybridized carbons (Fsp3) is 0.111. The topological polar surface area (TPSA) is 76.1 Å². The van der Waals surface area contributed by atoms with Crippen molar-refractivity contribution in [3.05, 3.63) is 107 Å². The maximum absolute atomic E-state index is 13.3. The van der Waals surface area contributed by atoms with Crippen molar-refractivity contribution in [2.45, 2.75) is 6.04 Å². The minimum absolute atomic E-state index is 0.00301. The molecule has 3 aromatic rings. The van der Waals surface area contributed by atoms with Gasteiger partial charge in [-0.15, -0.1) is 0 Å². The molecule has 1 heterocycles. The maximum atomic E-state index is 13.3. The van der Waals surface area contributed by atoms with Crippen LogP contribution in [0, 0.1) is 0 Å². The molecule has 6 nitrogen and oxygen atoms in total. The molecule has 0 spiro atoms. The van der Waals surface area contributed by atoms with Crippen LogP contribution in [0.2, 0.25) is 0 Å². The van der Waals surface area contributed by atoms with E-state index in [1.54, 1.807) is 48.5 Å². The van der Waals surface area contributed by atoms with E-state index in [1.807, 2.05) is 36.4 Å². The Morgan fingerprint density at radius 2 is 1.55 bits per heavy atom. The summed E-state index contributed by atoms with van der Waals surface area (Å²) in [5.41, 5.74) is 2.00. The van der Waals surface area contributed by atoms with E-state index < -0.39 is 23.5 Å². The van der Waals surface area contributed by atoms with Crippen LogP contribution in [0.4, 0.5) is 5.69 Å². The molecule has 1 amide bonds. The summed E-state index contributed by atoms with van der Waals surface area (Å²) in [5, 5.41) is 10.8. The third-order valence-electron chi connectivity index (χ3n) is 5.46. The summed E-state index contributed by atoms with van der Waals surface area (Å²) >= 11 is 0. The van der Waals surface area contributed by atoms with E-state index in [2.05, 4.69) is 0 Å². The van der Waals surface area contributed by atoms with Crippen LogP contribution in [0.3, 0.4) is 0 Å². The SMILES string of the molecule is COc1ccc(C2C(C(=O)C=Cc3ccccc3)=C(O)C(=O)N2c2ccccc2)cc1OC. The van der Waals surface area contributed by atoms with Crippen LogP contribution in [-0.4, -0.2) is 31.0 Å². The average molecular weight is 441 g/mol. The number of rotatable bonds is 7. The number of hydrogen-bond acceptors (Lipinski definition) is 5. The van der Waals surface area contributed by atoms with E-state index in [9.17, 15) is 14.7 Å². The van der Waals surface area contributed by atoms with Gasteiger partial charge in [0.25, 0.3) is 5.91 Å².